The van der Waals surface area contributed by atoms with Gasteiger partial charge in [-0.15, -0.1) is 15.3 Å². The highest BCUT2D eigenvalue weighted by atomic mass is 32.2. The van der Waals surface area contributed by atoms with Crippen molar-refractivity contribution in [2.24, 2.45) is 0 Å². The average molecular weight is 447 g/mol. The molecule has 0 spiro atoms. The van der Waals surface area contributed by atoms with E-state index < -0.39 is 0 Å². The van der Waals surface area contributed by atoms with E-state index in [0.717, 1.165) is 58.9 Å². The van der Waals surface area contributed by atoms with Crippen molar-refractivity contribution in [2.75, 3.05) is 13.1 Å². The summed E-state index contributed by atoms with van der Waals surface area (Å²) in [4.78, 5) is 2.44. The van der Waals surface area contributed by atoms with E-state index in [1.54, 1.807) is 11.8 Å². The molecule has 1 fully saturated rings. The molecular formula is C23H26N8S. The van der Waals surface area contributed by atoms with Gasteiger partial charge in [0.2, 0.25) is 0 Å². The molecule has 0 unspecified atom stereocenters. The zero-order valence-corrected chi connectivity index (χ0v) is 19.2. The fourth-order valence-electron chi connectivity index (χ4n) is 4.21. The number of tetrazole rings is 1. The van der Waals surface area contributed by atoms with Crippen LogP contribution in [0.5, 0.6) is 0 Å². The predicted molar refractivity (Wildman–Crippen MR) is 124 cm³/mol. The minimum Gasteiger partial charge on any atom is -0.296 e. The molecule has 8 nitrogen and oxygen atoms in total. The van der Waals surface area contributed by atoms with Crippen LogP contribution in [-0.2, 0) is 12.3 Å². The lowest BCUT2D eigenvalue weighted by molar-refractivity contribution is 0.319. The van der Waals surface area contributed by atoms with Crippen molar-refractivity contribution < 1.29 is 0 Å². The summed E-state index contributed by atoms with van der Waals surface area (Å²) in [5.41, 5.74) is 4.39. The summed E-state index contributed by atoms with van der Waals surface area (Å²) < 4.78 is 4.00. The molecule has 0 amide bonds. The SMILES string of the molecule is Cc1cccc(C)c1-n1nnnc1CSc1nnc(CN2CCCC2)n1-c1ccccc1. The van der Waals surface area contributed by atoms with E-state index in [2.05, 4.69) is 79.4 Å². The van der Waals surface area contributed by atoms with Gasteiger partial charge in [0.15, 0.2) is 16.8 Å². The fourth-order valence-corrected chi connectivity index (χ4v) is 5.09. The number of rotatable bonds is 7. The van der Waals surface area contributed by atoms with Gasteiger partial charge in [0.05, 0.1) is 18.0 Å². The first kappa shape index (κ1) is 20.8. The van der Waals surface area contributed by atoms with Gasteiger partial charge in [-0.1, -0.05) is 48.2 Å². The van der Waals surface area contributed by atoms with Crippen LogP contribution in [0.1, 0.15) is 35.6 Å². The van der Waals surface area contributed by atoms with Gasteiger partial charge < -0.3 is 0 Å². The summed E-state index contributed by atoms with van der Waals surface area (Å²) in [5, 5.41) is 22.5. The number of aromatic nitrogens is 7. The van der Waals surface area contributed by atoms with Crippen LogP contribution in [0.4, 0.5) is 0 Å². The van der Waals surface area contributed by atoms with E-state index in [0.29, 0.717) is 5.75 Å². The number of aryl methyl sites for hydroxylation is 2. The molecule has 5 rings (SSSR count). The largest absolute Gasteiger partial charge is 0.296 e. The van der Waals surface area contributed by atoms with Crippen LogP contribution in [0, 0.1) is 13.8 Å². The molecule has 1 aliphatic rings. The van der Waals surface area contributed by atoms with Gasteiger partial charge >= 0.3 is 0 Å². The maximum atomic E-state index is 4.56. The Morgan fingerprint density at radius 2 is 1.59 bits per heavy atom. The highest BCUT2D eigenvalue weighted by Crippen LogP contribution is 2.27. The number of hydrogen-bond donors (Lipinski definition) is 0. The van der Waals surface area contributed by atoms with Crippen molar-refractivity contribution in [3.05, 3.63) is 71.3 Å². The Labute approximate surface area is 191 Å². The summed E-state index contributed by atoms with van der Waals surface area (Å²) in [5.74, 6) is 2.35. The third-order valence-electron chi connectivity index (χ3n) is 5.79. The van der Waals surface area contributed by atoms with Crippen molar-refractivity contribution in [3.63, 3.8) is 0 Å². The fraction of sp³-hybridized carbons (Fsp3) is 0.348. The highest BCUT2D eigenvalue weighted by Gasteiger charge is 2.21. The first-order valence-corrected chi connectivity index (χ1v) is 11.9. The lowest BCUT2D eigenvalue weighted by Crippen LogP contribution is -2.21. The van der Waals surface area contributed by atoms with Crippen LogP contribution in [0.15, 0.2) is 53.7 Å². The normalized spacial score (nSPS) is 14.3. The van der Waals surface area contributed by atoms with E-state index in [1.807, 2.05) is 22.9 Å². The van der Waals surface area contributed by atoms with Crippen LogP contribution in [-0.4, -0.2) is 53.0 Å². The van der Waals surface area contributed by atoms with Gasteiger partial charge in [0, 0.05) is 5.69 Å². The molecule has 4 aromatic rings. The van der Waals surface area contributed by atoms with Crippen LogP contribution >= 0.6 is 11.8 Å². The molecule has 32 heavy (non-hydrogen) atoms. The van der Waals surface area contributed by atoms with Gasteiger partial charge in [-0.25, -0.2) is 0 Å². The standard InChI is InChI=1S/C23H26N8S/c1-17-9-8-10-18(2)22(17)31-21(25-27-28-31)16-32-23-26-24-20(15-29-13-6-7-14-29)30(23)19-11-4-3-5-12-19/h3-5,8-12H,6-7,13-16H2,1-2H3. The van der Waals surface area contributed by atoms with Gasteiger partial charge in [-0.3, -0.25) is 9.47 Å². The lowest BCUT2D eigenvalue weighted by atomic mass is 10.1. The Balaban J connectivity index is 1.43. The van der Waals surface area contributed by atoms with Gasteiger partial charge in [-0.2, -0.15) is 4.68 Å². The van der Waals surface area contributed by atoms with E-state index in [4.69, 9.17) is 0 Å². The number of benzene rings is 2. The monoisotopic (exact) mass is 446 g/mol. The molecule has 1 aliphatic heterocycles. The zero-order valence-electron chi connectivity index (χ0n) is 18.3. The molecular weight excluding hydrogens is 420 g/mol. The van der Waals surface area contributed by atoms with Gasteiger partial charge in [0.1, 0.15) is 0 Å². The molecule has 164 valence electrons. The van der Waals surface area contributed by atoms with E-state index >= 15 is 0 Å². The summed E-state index contributed by atoms with van der Waals surface area (Å²) in [7, 11) is 0. The molecule has 0 aliphatic carbocycles. The maximum absolute atomic E-state index is 4.56. The molecule has 0 N–H and O–H groups in total. The predicted octanol–water partition coefficient (Wildman–Crippen LogP) is 3.75. The minimum absolute atomic E-state index is 0.593. The van der Waals surface area contributed by atoms with Crippen molar-refractivity contribution in [1.82, 2.24) is 39.9 Å². The molecule has 3 heterocycles. The van der Waals surface area contributed by atoms with Crippen molar-refractivity contribution in [3.8, 4) is 11.4 Å². The van der Waals surface area contributed by atoms with E-state index in [-0.39, 0.29) is 0 Å². The number of para-hydroxylation sites is 2. The summed E-state index contributed by atoms with van der Waals surface area (Å²) in [6.07, 6.45) is 2.50. The van der Waals surface area contributed by atoms with Crippen molar-refractivity contribution in [1.29, 1.82) is 0 Å². The van der Waals surface area contributed by atoms with E-state index in [9.17, 15) is 0 Å². The maximum Gasteiger partial charge on any atom is 0.196 e. The first-order valence-electron chi connectivity index (χ1n) is 10.9. The molecule has 9 heteroatoms. The van der Waals surface area contributed by atoms with Crippen LogP contribution < -0.4 is 0 Å². The number of nitrogens with zero attached hydrogens (tertiary/aromatic N) is 8. The molecule has 0 bridgehead atoms. The molecule has 0 atom stereocenters. The lowest BCUT2D eigenvalue weighted by Gasteiger charge is -2.16. The van der Waals surface area contributed by atoms with Crippen LogP contribution in [0.2, 0.25) is 0 Å². The summed E-state index contributed by atoms with van der Waals surface area (Å²) in [6, 6.07) is 16.5. The Morgan fingerprint density at radius 1 is 0.844 bits per heavy atom. The number of hydrogen-bond acceptors (Lipinski definition) is 7. The molecule has 1 saturated heterocycles. The minimum atomic E-state index is 0.593. The number of thioether (sulfide) groups is 1. The second-order valence-corrected chi connectivity index (χ2v) is 9.03. The second kappa shape index (κ2) is 9.22. The van der Waals surface area contributed by atoms with Crippen molar-refractivity contribution in [2.45, 2.75) is 44.1 Å². The topological polar surface area (TPSA) is 77.5 Å². The average Bonchev–Trinajstić information content (AvgIpc) is 3.55. The van der Waals surface area contributed by atoms with E-state index in [1.165, 1.54) is 12.8 Å². The van der Waals surface area contributed by atoms with Crippen LogP contribution in [0.25, 0.3) is 11.4 Å². The Morgan fingerprint density at radius 3 is 2.34 bits per heavy atom. The second-order valence-electron chi connectivity index (χ2n) is 8.09. The molecule has 2 aromatic carbocycles. The Bertz CT molecular complexity index is 1170. The third kappa shape index (κ3) is 4.18. The van der Waals surface area contributed by atoms with Gasteiger partial charge in [0.25, 0.3) is 0 Å². The smallest absolute Gasteiger partial charge is 0.196 e. The summed E-state index contributed by atoms with van der Waals surface area (Å²) >= 11 is 1.61. The molecule has 0 radical (unpaired) electrons. The van der Waals surface area contributed by atoms with Crippen molar-refractivity contribution >= 4 is 11.8 Å². The summed E-state index contributed by atoms with van der Waals surface area (Å²) in [6.45, 7) is 7.21. The van der Waals surface area contributed by atoms with Gasteiger partial charge in [-0.05, 0) is 73.5 Å². The molecule has 2 aromatic heterocycles. The Kier molecular flexibility index (Phi) is 6.00. The Hall–Kier alpha value is -3.04. The first-order chi connectivity index (χ1) is 15.7. The quantitative estimate of drug-likeness (QED) is 0.400. The molecule has 0 saturated carbocycles. The zero-order chi connectivity index (χ0) is 21.9. The highest BCUT2D eigenvalue weighted by molar-refractivity contribution is 7.98. The number of likely N-dealkylation sites (tertiary alicyclic amines) is 1. The third-order valence-corrected chi connectivity index (χ3v) is 6.72. The van der Waals surface area contributed by atoms with Crippen LogP contribution in [0.3, 0.4) is 0 Å².